The average molecular weight is 398 g/mol. The van der Waals surface area contributed by atoms with Gasteiger partial charge in [-0.15, -0.1) is 0 Å². The molecule has 144 valence electrons. The lowest BCUT2D eigenvalue weighted by Crippen LogP contribution is -2.13. The van der Waals surface area contributed by atoms with Gasteiger partial charge in [0.15, 0.2) is 16.7 Å². The fraction of sp³-hybridized carbons (Fsp3) is 0.0476. The van der Waals surface area contributed by atoms with Crippen molar-refractivity contribution in [3.05, 3.63) is 80.1 Å². The number of hydrogen-bond donors (Lipinski definition) is 1. The maximum Gasteiger partial charge on any atom is 0.197 e. The van der Waals surface area contributed by atoms with E-state index in [2.05, 4.69) is 4.98 Å². The van der Waals surface area contributed by atoms with Gasteiger partial charge in [-0.1, -0.05) is 0 Å². The van der Waals surface area contributed by atoms with Crippen LogP contribution in [0.1, 0.15) is 0 Å². The van der Waals surface area contributed by atoms with Crippen molar-refractivity contribution in [2.45, 2.75) is 0 Å². The van der Waals surface area contributed by atoms with Crippen LogP contribution in [-0.2, 0) is 7.05 Å². The molecule has 0 aliphatic heterocycles. The summed E-state index contributed by atoms with van der Waals surface area (Å²) in [4.78, 5) is 28.4. The molecule has 0 unspecified atom stereocenters. The van der Waals surface area contributed by atoms with E-state index < -0.39 is 34.1 Å². The minimum absolute atomic E-state index is 0.0758. The van der Waals surface area contributed by atoms with Gasteiger partial charge in [-0.3, -0.25) is 9.59 Å². The van der Waals surface area contributed by atoms with Gasteiger partial charge >= 0.3 is 0 Å². The standard InChI is InChI=1S/C21H10F4N2O2/c1-27-17-7-10-16(26-18-12(20(10)28)2-8(22)4-14(18)24)6-11(17)21(29)13-3-9(23)5-15(25)19(13)27/h2-7H,1H3,(H,26,28). The van der Waals surface area contributed by atoms with E-state index in [4.69, 9.17) is 0 Å². The quantitative estimate of drug-likeness (QED) is 0.313. The van der Waals surface area contributed by atoms with Gasteiger partial charge in [-0.2, -0.15) is 0 Å². The summed E-state index contributed by atoms with van der Waals surface area (Å²) in [5, 5.41) is -0.177. The Morgan fingerprint density at radius 3 is 2.07 bits per heavy atom. The summed E-state index contributed by atoms with van der Waals surface area (Å²) >= 11 is 0. The van der Waals surface area contributed by atoms with Crippen molar-refractivity contribution < 1.29 is 17.6 Å². The van der Waals surface area contributed by atoms with Crippen molar-refractivity contribution in [1.29, 1.82) is 0 Å². The van der Waals surface area contributed by atoms with Crippen LogP contribution in [0, 0.1) is 23.3 Å². The molecule has 2 heterocycles. The van der Waals surface area contributed by atoms with Gasteiger partial charge in [0, 0.05) is 30.0 Å². The van der Waals surface area contributed by atoms with Crippen LogP contribution in [0.15, 0.2) is 46.0 Å². The number of aromatic nitrogens is 2. The first-order valence-electron chi connectivity index (χ1n) is 8.52. The second kappa shape index (κ2) is 5.66. The lowest BCUT2D eigenvalue weighted by Gasteiger charge is -2.13. The molecule has 5 aromatic rings. The van der Waals surface area contributed by atoms with Gasteiger partial charge in [0.25, 0.3) is 0 Å². The number of aryl methyl sites for hydroxylation is 1. The Labute approximate surface area is 158 Å². The molecule has 0 aliphatic rings. The molecule has 0 aliphatic carbocycles. The third kappa shape index (κ3) is 2.32. The highest BCUT2D eigenvalue weighted by molar-refractivity contribution is 6.03. The minimum Gasteiger partial charge on any atom is -0.352 e. The van der Waals surface area contributed by atoms with E-state index >= 15 is 0 Å². The molecule has 3 aromatic carbocycles. The summed E-state index contributed by atoms with van der Waals surface area (Å²) in [5.74, 6) is -3.66. The van der Waals surface area contributed by atoms with Crippen molar-refractivity contribution >= 4 is 43.6 Å². The maximum atomic E-state index is 14.4. The topological polar surface area (TPSA) is 54.9 Å². The number of halogens is 4. The first-order chi connectivity index (χ1) is 13.8. The smallest absolute Gasteiger partial charge is 0.197 e. The van der Waals surface area contributed by atoms with E-state index in [0.29, 0.717) is 12.1 Å². The lowest BCUT2D eigenvalue weighted by atomic mass is 10.0. The lowest BCUT2D eigenvalue weighted by molar-refractivity contribution is 0.587. The normalized spacial score (nSPS) is 11.9. The number of H-pyrrole nitrogens is 1. The number of nitrogens with zero attached hydrogens (tertiary/aromatic N) is 1. The molecule has 0 saturated heterocycles. The van der Waals surface area contributed by atoms with Crippen LogP contribution in [0.2, 0.25) is 0 Å². The van der Waals surface area contributed by atoms with Crippen LogP contribution >= 0.6 is 0 Å². The number of benzene rings is 3. The van der Waals surface area contributed by atoms with Gasteiger partial charge in [-0.05, 0) is 24.3 Å². The zero-order valence-corrected chi connectivity index (χ0v) is 14.7. The number of fused-ring (bicyclic) bond motifs is 4. The molecule has 1 N–H and O–H groups in total. The third-order valence-electron chi connectivity index (χ3n) is 5.15. The maximum absolute atomic E-state index is 14.4. The van der Waals surface area contributed by atoms with Crippen LogP contribution in [0.5, 0.6) is 0 Å². The zero-order chi connectivity index (χ0) is 20.6. The molecule has 0 saturated carbocycles. The summed E-state index contributed by atoms with van der Waals surface area (Å²) in [6, 6.07) is 5.86. The first-order valence-corrected chi connectivity index (χ1v) is 8.52. The summed E-state index contributed by atoms with van der Waals surface area (Å²) in [6.45, 7) is 0. The molecule has 0 spiro atoms. The Morgan fingerprint density at radius 2 is 1.34 bits per heavy atom. The molecule has 8 heteroatoms. The number of aromatic amines is 1. The number of pyridine rings is 2. The molecule has 29 heavy (non-hydrogen) atoms. The SMILES string of the molecule is Cn1c2cc3c(=O)c4cc(F)cc(F)c4[nH]c3cc2c(=O)c2cc(F)cc(F)c21. The van der Waals surface area contributed by atoms with Crippen LogP contribution in [-0.4, -0.2) is 9.55 Å². The van der Waals surface area contributed by atoms with Gasteiger partial charge in [-0.25, -0.2) is 17.6 Å². The Balaban J connectivity index is 2.06. The minimum atomic E-state index is -0.949. The molecule has 5 rings (SSSR count). The van der Waals surface area contributed by atoms with Gasteiger partial charge in [0.05, 0.1) is 32.8 Å². The molecular weight excluding hydrogens is 388 g/mol. The number of rotatable bonds is 0. The summed E-state index contributed by atoms with van der Waals surface area (Å²) in [7, 11) is 1.48. The fourth-order valence-corrected chi connectivity index (χ4v) is 3.84. The highest BCUT2D eigenvalue weighted by Gasteiger charge is 2.17. The molecule has 2 aromatic heterocycles. The van der Waals surface area contributed by atoms with Crippen LogP contribution in [0.3, 0.4) is 0 Å². The second-order valence-electron chi connectivity index (χ2n) is 6.85. The van der Waals surface area contributed by atoms with Gasteiger partial charge in [0.2, 0.25) is 0 Å². The second-order valence-corrected chi connectivity index (χ2v) is 6.85. The molecule has 0 fully saturated rings. The van der Waals surface area contributed by atoms with Crippen molar-refractivity contribution in [3.63, 3.8) is 0 Å². The third-order valence-corrected chi connectivity index (χ3v) is 5.15. The van der Waals surface area contributed by atoms with Crippen LogP contribution in [0.25, 0.3) is 43.6 Å². The summed E-state index contributed by atoms with van der Waals surface area (Å²) in [5.41, 5.74) is -1.21. The fourth-order valence-electron chi connectivity index (χ4n) is 3.84. The van der Waals surface area contributed by atoms with Crippen LogP contribution < -0.4 is 10.9 Å². The average Bonchev–Trinajstić information content (AvgIpc) is 2.66. The summed E-state index contributed by atoms with van der Waals surface area (Å²) < 4.78 is 57.1. The molecule has 4 nitrogen and oxygen atoms in total. The van der Waals surface area contributed by atoms with E-state index in [1.165, 1.54) is 23.7 Å². The van der Waals surface area contributed by atoms with E-state index in [0.717, 1.165) is 12.1 Å². The van der Waals surface area contributed by atoms with Crippen molar-refractivity contribution in [2.24, 2.45) is 7.05 Å². The highest BCUT2D eigenvalue weighted by atomic mass is 19.1. The van der Waals surface area contributed by atoms with E-state index in [1.54, 1.807) is 0 Å². The molecule has 0 atom stereocenters. The predicted octanol–water partition coefficient (Wildman–Crippen LogP) is 4.24. The van der Waals surface area contributed by atoms with E-state index in [-0.39, 0.29) is 43.6 Å². The molecule has 0 bridgehead atoms. The van der Waals surface area contributed by atoms with Crippen molar-refractivity contribution in [3.8, 4) is 0 Å². The highest BCUT2D eigenvalue weighted by Crippen LogP contribution is 2.26. The Hall–Kier alpha value is -3.68. The van der Waals surface area contributed by atoms with Crippen molar-refractivity contribution in [2.75, 3.05) is 0 Å². The molecule has 0 radical (unpaired) electrons. The van der Waals surface area contributed by atoms with Crippen molar-refractivity contribution in [1.82, 2.24) is 9.55 Å². The van der Waals surface area contributed by atoms with E-state index in [9.17, 15) is 27.2 Å². The first kappa shape index (κ1) is 17.4. The molecular formula is C21H10F4N2O2. The van der Waals surface area contributed by atoms with Gasteiger partial charge < -0.3 is 9.55 Å². The number of hydrogen-bond acceptors (Lipinski definition) is 2. The Kier molecular flexibility index (Phi) is 3.40. The monoisotopic (exact) mass is 398 g/mol. The van der Waals surface area contributed by atoms with Gasteiger partial charge in [0.1, 0.15) is 17.5 Å². The van der Waals surface area contributed by atoms with Crippen LogP contribution in [0.4, 0.5) is 17.6 Å². The van der Waals surface area contributed by atoms with E-state index in [1.807, 2.05) is 0 Å². The predicted molar refractivity (Wildman–Crippen MR) is 102 cm³/mol. The Bertz CT molecular complexity index is 1650. The number of nitrogens with one attached hydrogen (secondary N) is 1. The Morgan fingerprint density at radius 1 is 0.724 bits per heavy atom. The largest absolute Gasteiger partial charge is 0.352 e. The summed E-state index contributed by atoms with van der Waals surface area (Å²) in [6.07, 6.45) is 0. The zero-order valence-electron chi connectivity index (χ0n) is 14.7. The molecule has 0 amide bonds.